The number of hydrogen-bond acceptors (Lipinski definition) is 4. The number of hydrogen-bond donors (Lipinski definition) is 0. The normalized spacial score (nSPS) is 13.6. The predicted molar refractivity (Wildman–Crippen MR) is 135 cm³/mol. The number of esters is 1. The highest BCUT2D eigenvalue weighted by Crippen LogP contribution is 2.33. The van der Waals surface area contributed by atoms with Crippen LogP contribution in [-0.2, 0) is 33.2 Å². The lowest BCUT2D eigenvalue weighted by molar-refractivity contribution is 0.0471. The number of fused-ring (bicyclic) bond motifs is 1. The monoisotopic (exact) mass is 477 g/mol. The van der Waals surface area contributed by atoms with Crippen molar-refractivity contribution in [2.45, 2.75) is 58.0 Å². The van der Waals surface area contributed by atoms with Gasteiger partial charge in [-0.05, 0) is 77.8 Å². The maximum atomic E-state index is 13.3. The molecule has 4 rings (SSSR count). The van der Waals surface area contributed by atoms with E-state index in [0.29, 0.717) is 18.7 Å². The van der Waals surface area contributed by atoms with Gasteiger partial charge in [0.1, 0.15) is 6.61 Å². The number of carbonyl (C=O) groups is 1. The summed E-state index contributed by atoms with van der Waals surface area (Å²) >= 11 is 0. The van der Waals surface area contributed by atoms with Gasteiger partial charge in [0.05, 0.1) is 16.1 Å². The van der Waals surface area contributed by atoms with E-state index in [2.05, 4.69) is 32.9 Å². The molecule has 3 aromatic rings. The number of carbonyl (C=O) groups excluding carboxylic acids is 1. The standard InChI is InChI=1S/C28H31NO4S/c1-19-15-23(28(3,4)5)16-20(2)25(19)18-33-27(30)22-10-8-11-24(17-22)34(31,32)29-14-13-21-9-6-7-12-26(21)29/h6-12,15-17H,13-14,18H2,1-5H3. The number of sulfonamides is 1. The van der Waals surface area contributed by atoms with Gasteiger partial charge >= 0.3 is 5.97 Å². The maximum Gasteiger partial charge on any atom is 0.338 e. The van der Waals surface area contributed by atoms with Crippen LogP contribution in [0.3, 0.4) is 0 Å². The lowest BCUT2D eigenvalue weighted by Crippen LogP contribution is -2.29. The molecular formula is C28H31NO4S. The lowest BCUT2D eigenvalue weighted by atomic mass is 9.84. The second-order valence-corrected chi connectivity index (χ2v) is 11.8. The molecule has 0 N–H and O–H groups in total. The van der Waals surface area contributed by atoms with Gasteiger partial charge in [-0.25, -0.2) is 13.2 Å². The smallest absolute Gasteiger partial charge is 0.338 e. The van der Waals surface area contributed by atoms with Crippen LogP contribution in [0.15, 0.2) is 65.6 Å². The minimum atomic E-state index is -3.78. The molecular weight excluding hydrogens is 446 g/mol. The van der Waals surface area contributed by atoms with Crippen LogP contribution in [0, 0.1) is 13.8 Å². The third kappa shape index (κ3) is 4.60. The summed E-state index contributed by atoms with van der Waals surface area (Å²) in [5.74, 6) is -0.544. The van der Waals surface area contributed by atoms with E-state index in [-0.39, 0.29) is 22.5 Å². The van der Waals surface area contributed by atoms with Crippen molar-refractivity contribution >= 4 is 21.7 Å². The molecule has 0 fully saturated rings. The quantitative estimate of drug-likeness (QED) is 0.442. The Morgan fingerprint density at radius 3 is 2.32 bits per heavy atom. The number of ether oxygens (including phenoxy) is 1. The molecule has 0 radical (unpaired) electrons. The van der Waals surface area contributed by atoms with Gasteiger partial charge < -0.3 is 4.74 Å². The molecule has 178 valence electrons. The van der Waals surface area contributed by atoms with Crippen LogP contribution in [0.4, 0.5) is 5.69 Å². The minimum absolute atomic E-state index is 0.0342. The number of nitrogens with zero attached hydrogens (tertiary/aromatic N) is 1. The van der Waals surface area contributed by atoms with Crippen molar-refractivity contribution in [3.63, 3.8) is 0 Å². The third-order valence-corrected chi connectivity index (χ3v) is 8.22. The van der Waals surface area contributed by atoms with Crippen molar-refractivity contribution in [2.24, 2.45) is 0 Å². The molecule has 5 nitrogen and oxygen atoms in total. The van der Waals surface area contributed by atoms with Crippen molar-refractivity contribution < 1.29 is 17.9 Å². The van der Waals surface area contributed by atoms with Gasteiger partial charge in [-0.15, -0.1) is 0 Å². The Kier molecular flexibility index (Phi) is 6.30. The van der Waals surface area contributed by atoms with Crippen molar-refractivity contribution in [1.29, 1.82) is 0 Å². The number of aryl methyl sites for hydroxylation is 2. The Morgan fingerprint density at radius 2 is 1.65 bits per heavy atom. The summed E-state index contributed by atoms with van der Waals surface area (Å²) in [5.41, 5.74) is 6.30. The fourth-order valence-corrected chi connectivity index (χ4v) is 5.89. The fraction of sp³-hybridized carbons (Fsp3) is 0.321. The van der Waals surface area contributed by atoms with Gasteiger partial charge in [-0.3, -0.25) is 4.31 Å². The summed E-state index contributed by atoms with van der Waals surface area (Å²) in [4.78, 5) is 12.9. The Labute approximate surface area is 202 Å². The summed E-state index contributed by atoms with van der Waals surface area (Å²) in [6, 6.07) is 17.9. The summed E-state index contributed by atoms with van der Waals surface area (Å²) < 4.78 is 33.7. The Balaban J connectivity index is 1.53. The molecule has 0 aliphatic carbocycles. The van der Waals surface area contributed by atoms with E-state index < -0.39 is 16.0 Å². The molecule has 0 aromatic heterocycles. The molecule has 6 heteroatoms. The number of rotatable bonds is 5. The molecule has 34 heavy (non-hydrogen) atoms. The van der Waals surface area contributed by atoms with Gasteiger partial charge in [0, 0.05) is 6.54 Å². The number of anilines is 1. The van der Waals surface area contributed by atoms with Crippen molar-refractivity contribution in [1.82, 2.24) is 0 Å². The molecule has 0 amide bonds. The van der Waals surface area contributed by atoms with Crippen molar-refractivity contribution in [2.75, 3.05) is 10.8 Å². The molecule has 0 spiro atoms. The number of benzene rings is 3. The van der Waals surface area contributed by atoms with E-state index in [0.717, 1.165) is 22.3 Å². The first-order valence-electron chi connectivity index (χ1n) is 11.5. The highest BCUT2D eigenvalue weighted by Gasteiger charge is 2.31. The summed E-state index contributed by atoms with van der Waals surface area (Å²) in [6.45, 7) is 11.1. The SMILES string of the molecule is Cc1cc(C(C)(C)C)cc(C)c1COC(=O)c1cccc(S(=O)(=O)N2CCc3ccccc32)c1. The molecule has 0 unspecified atom stereocenters. The molecule has 3 aromatic carbocycles. The van der Waals surface area contributed by atoms with Gasteiger partial charge in [0.25, 0.3) is 10.0 Å². The van der Waals surface area contributed by atoms with Crippen molar-refractivity contribution in [3.8, 4) is 0 Å². The average molecular weight is 478 g/mol. The first-order chi connectivity index (χ1) is 16.0. The third-order valence-electron chi connectivity index (χ3n) is 6.41. The molecule has 1 heterocycles. The van der Waals surface area contributed by atoms with Crippen LogP contribution >= 0.6 is 0 Å². The van der Waals surface area contributed by atoms with Crippen LogP contribution in [0.5, 0.6) is 0 Å². The Hall–Kier alpha value is -3.12. The molecule has 0 saturated carbocycles. The maximum absolute atomic E-state index is 13.3. The summed E-state index contributed by atoms with van der Waals surface area (Å²) in [5, 5.41) is 0. The highest BCUT2D eigenvalue weighted by atomic mass is 32.2. The van der Waals surface area contributed by atoms with Crippen LogP contribution in [-0.4, -0.2) is 20.9 Å². The number of para-hydroxylation sites is 1. The van der Waals surface area contributed by atoms with E-state index in [1.165, 1.54) is 22.0 Å². The largest absolute Gasteiger partial charge is 0.457 e. The van der Waals surface area contributed by atoms with E-state index in [1.54, 1.807) is 12.1 Å². The lowest BCUT2D eigenvalue weighted by Gasteiger charge is -2.22. The highest BCUT2D eigenvalue weighted by molar-refractivity contribution is 7.92. The topological polar surface area (TPSA) is 63.7 Å². The predicted octanol–water partition coefficient (Wildman–Crippen LogP) is 5.71. The van der Waals surface area contributed by atoms with Crippen LogP contribution in [0.2, 0.25) is 0 Å². The second-order valence-electron chi connectivity index (χ2n) is 9.90. The molecule has 0 atom stereocenters. The molecule has 1 aliphatic heterocycles. The van der Waals surface area contributed by atoms with Crippen LogP contribution in [0.1, 0.15) is 58.9 Å². The fourth-order valence-electron chi connectivity index (χ4n) is 4.34. The van der Waals surface area contributed by atoms with E-state index >= 15 is 0 Å². The van der Waals surface area contributed by atoms with Gasteiger partial charge in [-0.2, -0.15) is 0 Å². The van der Waals surface area contributed by atoms with E-state index in [1.807, 2.05) is 38.1 Å². The average Bonchev–Trinajstić information content (AvgIpc) is 3.23. The first kappa shape index (κ1) is 24.0. The van der Waals surface area contributed by atoms with Crippen molar-refractivity contribution in [3.05, 3.63) is 94.0 Å². The van der Waals surface area contributed by atoms with Crippen LogP contribution in [0.25, 0.3) is 0 Å². The Morgan fingerprint density at radius 1 is 0.971 bits per heavy atom. The van der Waals surface area contributed by atoms with Gasteiger partial charge in [0.15, 0.2) is 0 Å². The van der Waals surface area contributed by atoms with Gasteiger partial charge in [0.2, 0.25) is 0 Å². The Bertz CT molecular complexity index is 1330. The zero-order chi connectivity index (χ0) is 24.7. The minimum Gasteiger partial charge on any atom is -0.457 e. The molecule has 0 bridgehead atoms. The van der Waals surface area contributed by atoms with Gasteiger partial charge in [-0.1, -0.05) is 57.2 Å². The summed E-state index contributed by atoms with van der Waals surface area (Å²) in [7, 11) is -3.78. The zero-order valence-corrected chi connectivity index (χ0v) is 21.2. The van der Waals surface area contributed by atoms with Crippen LogP contribution < -0.4 is 4.31 Å². The second kappa shape index (κ2) is 8.91. The zero-order valence-electron chi connectivity index (χ0n) is 20.4. The summed E-state index contributed by atoms with van der Waals surface area (Å²) in [6.07, 6.45) is 0.670. The molecule has 1 aliphatic rings. The van der Waals surface area contributed by atoms with E-state index in [4.69, 9.17) is 4.74 Å². The molecule has 0 saturated heterocycles. The van der Waals surface area contributed by atoms with E-state index in [9.17, 15) is 13.2 Å². The first-order valence-corrected chi connectivity index (χ1v) is 12.9.